The first kappa shape index (κ1) is 18.9. The number of aliphatic hydroxyl groups excluding tert-OH is 1. The Bertz CT molecular complexity index is 606. The lowest BCUT2D eigenvalue weighted by Gasteiger charge is -2.35. The van der Waals surface area contributed by atoms with Crippen LogP contribution in [0.15, 0.2) is 30.3 Å². The molecule has 1 aromatic carbocycles. The van der Waals surface area contributed by atoms with Crippen LogP contribution in [0.25, 0.3) is 0 Å². The van der Waals surface area contributed by atoms with E-state index in [4.69, 9.17) is 16.7 Å². The molecular weight excluding hydrogens is 358 g/mol. The van der Waals surface area contributed by atoms with E-state index in [1.54, 1.807) is 11.8 Å². The number of alkyl halides is 1. The van der Waals surface area contributed by atoms with Gasteiger partial charge in [-0.15, -0.1) is 11.6 Å². The number of rotatable bonds is 7. The van der Waals surface area contributed by atoms with Crippen molar-refractivity contribution >= 4 is 34.7 Å². The fourth-order valence-electron chi connectivity index (χ4n) is 3.43. The van der Waals surface area contributed by atoms with E-state index in [-0.39, 0.29) is 17.5 Å². The maximum absolute atomic E-state index is 11.9. The van der Waals surface area contributed by atoms with E-state index in [2.05, 4.69) is 26.5 Å². The van der Waals surface area contributed by atoms with Gasteiger partial charge < -0.3 is 5.11 Å². The number of β-amino-alcohol motifs (C(OH)–C–C–N with tert-alkyl or cyclic N) is 1. The first-order valence-electron chi connectivity index (χ1n) is 8.71. The van der Waals surface area contributed by atoms with Gasteiger partial charge in [-0.3, -0.25) is 9.69 Å². The highest BCUT2D eigenvalue weighted by Gasteiger charge is 2.39. The van der Waals surface area contributed by atoms with E-state index in [0.29, 0.717) is 13.1 Å². The van der Waals surface area contributed by atoms with E-state index >= 15 is 0 Å². The summed E-state index contributed by atoms with van der Waals surface area (Å²) in [6.45, 7) is 4.99. The number of aliphatic hydroxyl groups is 1. The van der Waals surface area contributed by atoms with Crippen molar-refractivity contribution in [2.75, 3.05) is 45.9 Å². The summed E-state index contributed by atoms with van der Waals surface area (Å²) in [6, 6.07) is 10.3. The number of hydrogen-bond donors (Lipinski definition) is 1. The van der Waals surface area contributed by atoms with Crippen molar-refractivity contribution in [2.24, 2.45) is 0 Å². The smallest absolute Gasteiger partial charge is 0.266 e. The van der Waals surface area contributed by atoms with Crippen molar-refractivity contribution in [2.45, 2.75) is 17.3 Å². The summed E-state index contributed by atoms with van der Waals surface area (Å²) in [6.07, 6.45) is 1.59. The second kappa shape index (κ2) is 9.14. The summed E-state index contributed by atoms with van der Waals surface area (Å²) < 4.78 is 2.15. The number of carbonyl (C=O) groups excluding carboxylic acids is 1. The predicted molar refractivity (Wildman–Crippen MR) is 102 cm³/mol. The van der Waals surface area contributed by atoms with Crippen molar-refractivity contribution in [3.8, 4) is 0 Å². The van der Waals surface area contributed by atoms with Crippen molar-refractivity contribution in [3.05, 3.63) is 35.9 Å². The highest BCUT2D eigenvalue weighted by atomic mass is 35.5. The van der Waals surface area contributed by atoms with Crippen LogP contribution in [0.4, 0.5) is 0 Å². The van der Waals surface area contributed by atoms with Gasteiger partial charge in [0.15, 0.2) is 6.54 Å². The van der Waals surface area contributed by atoms with Gasteiger partial charge in [0.1, 0.15) is 4.71 Å². The topological polar surface area (TPSA) is 46.8 Å². The zero-order valence-electron chi connectivity index (χ0n) is 14.3. The van der Waals surface area contributed by atoms with E-state index in [1.165, 1.54) is 10.6 Å². The number of halogens is 1. The van der Waals surface area contributed by atoms with Crippen LogP contribution in [0.2, 0.25) is 0 Å². The van der Waals surface area contributed by atoms with Crippen LogP contribution in [0, 0.1) is 0 Å². The number of hydrogen-bond acceptors (Lipinski definition) is 5. The molecule has 3 rings (SSSR count). The first-order chi connectivity index (χ1) is 12.2. The zero-order chi connectivity index (χ0) is 17.6. The normalized spacial score (nSPS) is 23.8. The van der Waals surface area contributed by atoms with Gasteiger partial charge in [-0.25, -0.2) is 9.48 Å². The minimum atomic E-state index is -0.258. The Balaban J connectivity index is 1.73. The van der Waals surface area contributed by atoms with Crippen molar-refractivity contribution in [1.82, 2.24) is 9.80 Å². The molecule has 0 saturated carbocycles. The van der Waals surface area contributed by atoms with E-state index in [1.807, 2.05) is 18.2 Å². The van der Waals surface area contributed by atoms with Crippen LogP contribution in [-0.4, -0.2) is 87.6 Å². The molecule has 1 fully saturated rings. The summed E-state index contributed by atoms with van der Waals surface area (Å²) in [4.78, 5) is 16.4. The maximum atomic E-state index is 11.9. The quantitative estimate of drug-likeness (QED) is 0.434. The standard InChI is InChI=1S/C18H25ClN3O2S/c19-16-13-22(18(25-16)12-15-4-2-1-3-5-15)17(14-24)21-8-6-20(7-9-21)10-11-23/h1-5,14,16-17,23H,6-13H2/q+1. The molecule has 5 nitrogen and oxygen atoms in total. The lowest BCUT2D eigenvalue weighted by Crippen LogP contribution is -2.55. The number of piperazine rings is 1. The van der Waals surface area contributed by atoms with Crippen LogP contribution < -0.4 is 0 Å². The number of carbonyl (C=O) groups is 1. The summed E-state index contributed by atoms with van der Waals surface area (Å²) >= 11 is 8.07. The van der Waals surface area contributed by atoms with Crippen LogP contribution in [-0.2, 0) is 11.2 Å². The van der Waals surface area contributed by atoms with Gasteiger partial charge in [0.2, 0.25) is 11.3 Å². The van der Waals surface area contributed by atoms with Crippen LogP contribution in [0.5, 0.6) is 0 Å². The molecule has 1 N–H and O–H groups in total. The third-order valence-electron chi connectivity index (χ3n) is 4.76. The van der Waals surface area contributed by atoms with E-state index in [0.717, 1.165) is 38.9 Å². The Morgan fingerprint density at radius 1 is 1.28 bits per heavy atom. The minimum Gasteiger partial charge on any atom is -0.395 e. The molecular formula is C18H25ClN3O2S+. The van der Waals surface area contributed by atoms with Gasteiger partial charge in [0.25, 0.3) is 6.17 Å². The Kier molecular flexibility index (Phi) is 6.90. The summed E-state index contributed by atoms with van der Waals surface area (Å²) in [5.74, 6) is 0. The Morgan fingerprint density at radius 3 is 2.64 bits per heavy atom. The third kappa shape index (κ3) is 4.83. The first-order valence-corrected chi connectivity index (χ1v) is 10.0. The number of benzene rings is 1. The molecule has 0 radical (unpaired) electrons. The lowest BCUT2D eigenvalue weighted by atomic mass is 10.2. The monoisotopic (exact) mass is 382 g/mol. The molecule has 1 aromatic rings. The van der Waals surface area contributed by atoms with Gasteiger partial charge in [0.05, 0.1) is 13.0 Å². The summed E-state index contributed by atoms with van der Waals surface area (Å²) in [7, 11) is 0. The molecule has 0 aromatic heterocycles. The van der Waals surface area contributed by atoms with Crippen molar-refractivity contribution < 1.29 is 14.5 Å². The number of aldehydes is 1. The summed E-state index contributed by atoms with van der Waals surface area (Å²) in [5.41, 5.74) is 1.23. The molecule has 2 atom stereocenters. The molecule has 25 heavy (non-hydrogen) atoms. The van der Waals surface area contributed by atoms with Crippen molar-refractivity contribution in [1.29, 1.82) is 0 Å². The molecule has 0 amide bonds. The fraction of sp³-hybridized carbons (Fsp3) is 0.556. The maximum Gasteiger partial charge on any atom is 0.266 e. The van der Waals surface area contributed by atoms with E-state index in [9.17, 15) is 4.79 Å². The van der Waals surface area contributed by atoms with Gasteiger partial charge in [-0.2, -0.15) is 0 Å². The SMILES string of the molecule is O=CC(N1CCN(CCO)CC1)[N+]1=C(Cc2ccccc2)SC(Cl)C1. The molecule has 0 aliphatic carbocycles. The van der Waals surface area contributed by atoms with Gasteiger partial charge in [-0.05, 0) is 17.3 Å². The van der Waals surface area contributed by atoms with E-state index < -0.39 is 0 Å². The van der Waals surface area contributed by atoms with Gasteiger partial charge >= 0.3 is 0 Å². The van der Waals surface area contributed by atoms with Crippen LogP contribution >= 0.6 is 23.4 Å². The molecule has 2 unspecified atom stereocenters. The highest BCUT2D eigenvalue weighted by molar-refractivity contribution is 8.15. The fourth-order valence-corrected chi connectivity index (χ4v) is 4.98. The molecule has 0 bridgehead atoms. The van der Waals surface area contributed by atoms with Crippen molar-refractivity contribution in [3.63, 3.8) is 0 Å². The Hall–Kier alpha value is -0.920. The second-order valence-corrected chi connectivity index (χ2v) is 8.45. The molecule has 2 aliphatic rings. The minimum absolute atomic E-state index is 0.0168. The second-order valence-electron chi connectivity index (χ2n) is 6.39. The average molecular weight is 383 g/mol. The van der Waals surface area contributed by atoms with Gasteiger partial charge in [-0.1, -0.05) is 30.3 Å². The Morgan fingerprint density at radius 2 is 2.00 bits per heavy atom. The van der Waals surface area contributed by atoms with Gasteiger partial charge in [0, 0.05) is 32.7 Å². The predicted octanol–water partition coefficient (Wildman–Crippen LogP) is 1.09. The third-order valence-corrected chi connectivity index (χ3v) is 6.22. The highest BCUT2D eigenvalue weighted by Crippen LogP contribution is 2.28. The molecule has 2 aliphatic heterocycles. The zero-order valence-corrected chi connectivity index (χ0v) is 15.8. The lowest BCUT2D eigenvalue weighted by molar-refractivity contribution is -0.567. The molecule has 2 heterocycles. The largest absolute Gasteiger partial charge is 0.395 e. The molecule has 7 heteroatoms. The Labute approximate surface area is 158 Å². The number of thioether (sulfide) groups is 1. The molecule has 1 saturated heterocycles. The van der Waals surface area contributed by atoms with Crippen LogP contribution in [0.3, 0.4) is 0 Å². The average Bonchev–Trinajstić information content (AvgIpc) is 2.98. The molecule has 0 spiro atoms. The summed E-state index contributed by atoms with van der Waals surface area (Å²) in [5, 5.41) is 10.2. The molecule has 136 valence electrons. The number of nitrogens with zero attached hydrogens (tertiary/aromatic N) is 3. The van der Waals surface area contributed by atoms with Crippen LogP contribution in [0.1, 0.15) is 5.56 Å².